The molecular formula is C18H25FN2OS. The number of benzene rings is 1. The first kappa shape index (κ1) is 18.0. The molecule has 0 spiro atoms. The van der Waals surface area contributed by atoms with Crippen molar-refractivity contribution in [1.82, 2.24) is 4.90 Å². The molecule has 1 aromatic carbocycles. The van der Waals surface area contributed by atoms with E-state index in [-0.39, 0.29) is 17.8 Å². The number of amidine groups is 1. The van der Waals surface area contributed by atoms with Crippen LogP contribution >= 0.6 is 11.8 Å². The van der Waals surface area contributed by atoms with Crippen molar-refractivity contribution in [1.29, 1.82) is 0 Å². The molecule has 5 heteroatoms. The normalized spacial score (nSPS) is 16.3. The van der Waals surface area contributed by atoms with Crippen LogP contribution in [0, 0.1) is 11.7 Å². The van der Waals surface area contributed by atoms with Gasteiger partial charge in [-0.05, 0) is 42.7 Å². The van der Waals surface area contributed by atoms with E-state index in [0.29, 0.717) is 12.5 Å². The Bertz CT molecular complexity index is 555. The van der Waals surface area contributed by atoms with Gasteiger partial charge in [0.15, 0.2) is 5.17 Å². The highest BCUT2D eigenvalue weighted by molar-refractivity contribution is 8.13. The summed E-state index contributed by atoms with van der Waals surface area (Å²) >= 11 is 1.50. The molecule has 1 saturated carbocycles. The number of rotatable bonds is 6. The molecule has 0 aliphatic heterocycles. The third kappa shape index (κ3) is 5.06. The van der Waals surface area contributed by atoms with E-state index in [0.717, 1.165) is 23.6 Å². The van der Waals surface area contributed by atoms with Crippen LogP contribution < -0.4 is 0 Å². The molecule has 2 rings (SSSR count). The van der Waals surface area contributed by atoms with Gasteiger partial charge in [0.05, 0.1) is 6.04 Å². The summed E-state index contributed by atoms with van der Waals surface area (Å²) in [5, 5.41) is 0.759. The Kier molecular flexibility index (Phi) is 6.63. The molecule has 0 heterocycles. The Hall–Kier alpha value is -1.36. The monoisotopic (exact) mass is 336 g/mol. The summed E-state index contributed by atoms with van der Waals surface area (Å²) in [6, 6.07) is 6.45. The Morgan fingerprint density at radius 3 is 2.52 bits per heavy atom. The van der Waals surface area contributed by atoms with Crippen LogP contribution in [0.15, 0.2) is 29.3 Å². The predicted molar refractivity (Wildman–Crippen MR) is 95.1 cm³/mol. The third-order valence-corrected chi connectivity index (χ3v) is 4.71. The average Bonchev–Trinajstić information content (AvgIpc) is 3.34. The van der Waals surface area contributed by atoms with E-state index in [9.17, 15) is 9.18 Å². The molecule has 3 nitrogen and oxygen atoms in total. The van der Waals surface area contributed by atoms with Gasteiger partial charge < -0.3 is 0 Å². The first-order chi connectivity index (χ1) is 11.1. The molecule has 0 saturated heterocycles. The largest absolute Gasteiger partial charge is 0.284 e. The van der Waals surface area contributed by atoms with Crippen molar-refractivity contribution in [3.05, 3.63) is 35.6 Å². The van der Waals surface area contributed by atoms with Crippen LogP contribution in [-0.4, -0.2) is 28.8 Å². The number of carbonyl (C=O) groups is 1. The summed E-state index contributed by atoms with van der Waals surface area (Å²) in [5.74, 6) is 0.392. The Morgan fingerprint density at radius 1 is 1.39 bits per heavy atom. The lowest BCUT2D eigenvalue weighted by molar-refractivity contribution is -0.126. The van der Waals surface area contributed by atoms with Crippen molar-refractivity contribution in [2.45, 2.75) is 45.6 Å². The number of hydrogen-bond acceptors (Lipinski definition) is 3. The van der Waals surface area contributed by atoms with Gasteiger partial charge in [0, 0.05) is 13.5 Å². The number of hydrogen-bond donors (Lipinski definition) is 0. The molecule has 1 aliphatic rings. The van der Waals surface area contributed by atoms with Crippen molar-refractivity contribution >= 4 is 22.8 Å². The summed E-state index contributed by atoms with van der Waals surface area (Å²) in [6.45, 7) is 4.36. The molecule has 1 aromatic rings. The number of thioether (sulfide) groups is 1. The maximum Gasteiger partial charge on any atom is 0.225 e. The van der Waals surface area contributed by atoms with E-state index in [2.05, 4.69) is 11.9 Å². The molecule has 1 atom stereocenters. The number of halogens is 1. The summed E-state index contributed by atoms with van der Waals surface area (Å²) < 4.78 is 13.3. The highest BCUT2D eigenvalue weighted by Crippen LogP contribution is 2.41. The lowest BCUT2D eigenvalue weighted by atomic mass is 9.99. The molecule has 0 bridgehead atoms. The SMILES string of the molecule is CCCN=C(SC)N(C(C)=O)C(CC1CC1)c1ccc(F)cc1. The minimum absolute atomic E-state index is 0.0100. The molecule has 23 heavy (non-hydrogen) atoms. The molecule has 0 N–H and O–H groups in total. The summed E-state index contributed by atoms with van der Waals surface area (Å²) in [5.41, 5.74) is 0.978. The van der Waals surface area contributed by atoms with Crippen molar-refractivity contribution in [2.75, 3.05) is 12.8 Å². The fourth-order valence-corrected chi connectivity index (χ4v) is 3.35. The second kappa shape index (κ2) is 8.48. The molecule has 1 amide bonds. The maximum absolute atomic E-state index is 13.3. The van der Waals surface area contributed by atoms with Crippen molar-refractivity contribution in [3.8, 4) is 0 Å². The number of aliphatic imine (C=N–C) groups is 1. The van der Waals surface area contributed by atoms with Crippen molar-refractivity contribution in [3.63, 3.8) is 0 Å². The minimum Gasteiger partial charge on any atom is -0.284 e. The van der Waals surface area contributed by atoms with E-state index in [1.165, 1.54) is 36.7 Å². The zero-order chi connectivity index (χ0) is 16.8. The zero-order valence-electron chi connectivity index (χ0n) is 14.1. The number of nitrogens with zero attached hydrogens (tertiary/aromatic N) is 2. The minimum atomic E-state index is -0.252. The third-order valence-electron chi connectivity index (χ3n) is 4.02. The molecule has 126 valence electrons. The van der Waals surface area contributed by atoms with Crippen LogP contribution in [-0.2, 0) is 4.79 Å². The van der Waals surface area contributed by atoms with Gasteiger partial charge in [0.25, 0.3) is 0 Å². The summed E-state index contributed by atoms with van der Waals surface area (Å²) in [4.78, 5) is 18.7. The van der Waals surface area contributed by atoms with Crippen LogP contribution in [0.2, 0.25) is 0 Å². The van der Waals surface area contributed by atoms with Gasteiger partial charge in [-0.25, -0.2) is 4.39 Å². The van der Waals surface area contributed by atoms with Gasteiger partial charge in [-0.15, -0.1) is 0 Å². The lowest BCUT2D eigenvalue weighted by Crippen LogP contribution is -2.37. The van der Waals surface area contributed by atoms with Gasteiger partial charge in [-0.2, -0.15) is 0 Å². The second-order valence-electron chi connectivity index (χ2n) is 6.00. The first-order valence-corrected chi connectivity index (χ1v) is 9.43. The quantitative estimate of drug-likeness (QED) is 0.560. The number of amides is 1. The summed E-state index contributed by atoms with van der Waals surface area (Å²) in [6.07, 6.45) is 6.23. The molecule has 1 fully saturated rings. The molecule has 1 unspecified atom stereocenters. The van der Waals surface area contributed by atoms with Crippen LogP contribution in [0.3, 0.4) is 0 Å². The highest BCUT2D eigenvalue weighted by atomic mass is 32.2. The van der Waals surface area contributed by atoms with Gasteiger partial charge in [-0.1, -0.05) is 43.7 Å². The first-order valence-electron chi connectivity index (χ1n) is 8.20. The smallest absolute Gasteiger partial charge is 0.225 e. The fraction of sp³-hybridized carbons (Fsp3) is 0.556. The average molecular weight is 336 g/mol. The van der Waals surface area contributed by atoms with Gasteiger partial charge in [0.2, 0.25) is 5.91 Å². The molecule has 1 aliphatic carbocycles. The predicted octanol–water partition coefficient (Wildman–Crippen LogP) is 4.64. The zero-order valence-corrected chi connectivity index (χ0v) is 14.9. The highest BCUT2D eigenvalue weighted by Gasteiger charge is 2.33. The molecule has 0 aromatic heterocycles. The van der Waals surface area contributed by atoms with E-state index in [1.54, 1.807) is 24.0 Å². The van der Waals surface area contributed by atoms with Crippen LogP contribution in [0.25, 0.3) is 0 Å². The van der Waals surface area contributed by atoms with Crippen molar-refractivity contribution < 1.29 is 9.18 Å². The standard InChI is InChI=1S/C18H25FN2OS/c1-4-11-20-18(23-3)21(13(2)22)17(12-14-5-6-14)15-7-9-16(19)10-8-15/h7-10,14,17H,4-6,11-12H2,1-3H3. The van der Waals surface area contributed by atoms with Crippen LogP contribution in [0.1, 0.15) is 51.1 Å². The number of carbonyl (C=O) groups excluding carboxylic acids is 1. The van der Waals surface area contributed by atoms with E-state index in [1.807, 2.05) is 6.26 Å². The van der Waals surface area contributed by atoms with Gasteiger partial charge in [0.1, 0.15) is 5.82 Å². The fourth-order valence-electron chi connectivity index (χ4n) is 2.68. The van der Waals surface area contributed by atoms with E-state index in [4.69, 9.17) is 0 Å². The Morgan fingerprint density at radius 2 is 2.04 bits per heavy atom. The Balaban J connectivity index is 2.35. The second-order valence-corrected chi connectivity index (χ2v) is 6.78. The maximum atomic E-state index is 13.3. The molecular weight excluding hydrogens is 311 g/mol. The van der Waals surface area contributed by atoms with E-state index < -0.39 is 0 Å². The van der Waals surface area contributed by atoms with Crippen LogP contribution in [0.4, 0.5) is 4.39 Å². The molecule has 0 radical (unpaired) electrons. The van der Waals surface area contributed by atoms with Crippen LogP contribution in [0.5, 0.6) is 0 Å². The van der Waals surface area contributed by atoms with Crippen molar-refractivity contribution in [2.24, 2.45) is 10.9 Å². The topological polar surface area (TPSA) is 32.7 Å². The van der Waals surface area contributed by atoms with Gasteiger partial charge >= 0.3 is 0 Å². The lowest BCUT2D eigenvalue weighted by Gasteiger charge is -2.31. The summed E-state index contributed by atoms with van der Waals surface area (Å²) in [7, 11) is 0. The van der Waals surface area contributed by atoms with Gasteiger partial charge in [-0.3, -0.25) is 14.7 Å². The van der Waals surface area contributed by atoms with E-state index >= 15 is 0 Å². The Labute approximate surface area is 142 Å².